The number of rotatable bonds is 4. The lowest BCUT2D eigenvalue weighted by Crippen LogP contribution is -2.16. The van der Waals surface area contributed by atoms with Crippen LogP contribution in [-0.4, -0.2) is 8.42 Å². The summed E-state index contributed by atoms with van der Waals surface area (Å²) in [6.45, 7) is 5.72. The van der Waals surface area contributed by atoms with Crippen molar-refractivity contribution in [3.8, 4) is 0 Å². The van der Waals surface area contributed by atoms with Crippen molar-refractivity contribution < 1.29 is 8.42 Å². The van der Waals surface area contributed by atoms with Gasteiger partial charge in [0.2, 0.25) is 0 Å². The Hall–Kier alpha value is -1.81. The predicted molar refractivity (Wildman–Crippen MR) is 82.5 cm³/mol. The molecule has 1 N–H and O–H groups in total. The molecule has 0 fully saturated rings. The van der Waals surface area contributed by atoms with Crippen LogP contribution in [0.1, 0.15) is 23.6 Å². The SMILES string of the molecule is CCc1cccc(C)c1NS(=O)(=O)c1ccccc1C. The van der Waals surface area contributed by atoms with Crippen molar-refractivity contribution in [1.29, 1.82) is 0 Å². The number of hydrogen-bond donors (Lipinski definition) is 1. The average molecular weight is 289 g/mol. The minimum absolute atomic E-state index is 0.324. The third-order valence-electron chi connectivity index (χ3n) is 3.36. The fourth-order valence-electron chi connectivity index (χ4n) is 2.22. The highest BCUT2D eigenvalue weighted by molar-refractivity contribution is 7.92. The smallest absolute Gasteiger partial charge is 0.262 e. The Labute approximate surface area is 120 Å². The van der Waals surface area contributed by atoms with Crippen LogP contribution in [0.2, 0.25) is 0 Å². The van der Waals surface area contributed by atoms with Crippen molar-refractivity contribution in [2.24, 2.45) is 0 Å². The minimum Gasteiger partial charge on any atom is -0.279 e. The molecule has 2 aromatic carbocycles. The molecule has 4 heteroatoms. The van der Waals surface area contributed by atoms with E-state index in [9.17, 15) is 8.42 Å². The van der Waals surface area contributed by atoms with Gasteiger partial charge in [-0.15, -0.1) is 0 Å². The van der Waals surface area contributed by atoms with Crippen LogP contribution in [0.5, 0.6) is 0 Å². The Bertz CT molecular complexity index is 721. The standard InChI is InChI=1S/C16H19NO2S/c1-4-14-10-7-9-13(3)16(14)17-20(18,19)15-11-6-5-8-12(15)2/h5-11,17H,4H2,1-3H3. The molecule has 0 amide bonds. The van der Waals surface area contributed by atoms with Gasteiger partial charge in [0.1, 0.15) is 0 Å². The molecular formula is C16H19NO2S. The van der Waals surface area contributed by atoms with E-state index in [-0.39, 0.29) is 0 Å². The number of aryl methyl sites for hydroxylation is 3. The largest absolute Gasteiger partial charge is 0.279 e. The zero-order valence-electron chi connectivity index (χ0n) is 12.0. The average Bonchev–Trinajstić information content (AvgIpc) is 2.41. The Morgan fingerprint density at radius 1 is 0.950 bits per heavy atom. The number of nitrogens with one attached hydrogen (secondary N) is 1. The second-order valence-electron chi connectivity index (χ2n) is 4.83. The van der Waals surface area contributed by atoms with E-state index in [4.69, 9.17) is 0 Å². The van der Waals surface area contributed by atoms with E-state index >= 15 is 0 Å². The summed E-state index contributed by atoms with van der Waals surface area (Å²) in [6, 6.07) is 12.8. The molecule has 0 spiro atoms. The second kappa shape index (κ2) is 5.67. The van der Waals surface area contributed by atoms with Gasteiger partial charge in [-0.25, -0.2) is 8.42 Å². The molecule has 0 saturated heterocycles. The molecule has 0 unspecified atom stereocenters. The van der Waals surface area contributed by atoms with Crippen LogP contribution < -0.4 is 4.72 Å². The summed E-state index contributed by atoms with van der Waals surface area (Å²) in [7, 11) is -3.55. The first-order chi connectivity index (χ1) is 9.45. The van der Waals surface area contributed by atoms with E-state index in [1.165, 1.54) is 0 Å². The third-order valence-corrected chi connectivity index (χ3v) is 4.87. The number of anilines is 1. The third kappa shape index (κ3) is 2.85. The van der Waals surface area contributed by atoms with Gasteiger partial charge >= 0.3 is 0 Å². The fourth-order valence-corrected chi connectivity index (χ4v) is 3.64. The summed E-state index contributed by atoms with van der Waals surface area (Å²) in [6.07, 6.45) is 0.785. The van der Waals surface area contributed by atoms with Gasteiger partial charge in [-0.1, -0.05) is 43.3 Å². The van der Waals surface area contributed by atoms with Crippen molar-refractivity contribution in [1.82, 2.24) is 0 Å². The lowest BCUT2D eigenvalue weighted by molar-refractivity contribution is 0.600. The lowest BCUT2D eigenvalue weighted by Gasteiger charge is -2.15. The Morgan fingerprint density at radius 2 is 1.60 bits per heavy atom. The molecule has 0 aliphatic heterocycles. The normalized spacial score (nSPS) is 11.3. The molecule has 0 bridgehead atoms. The maximum absolute atomic E-state index is 12.5. The van der Waals surface area contributed by atoms with Crippen molar-refractivity contribution >= 4 is 15.7 Å². The van der Waals surface area contributed by atoms with Crippen LogP contribution in [0.25, 0.3) is 0 Å². The van der Waals surface area contributed by atoms with Gasteiger partial charge in [0, 0.05) is 0 Å². The van der Waals surface area contributed by atoms with Gasteiger partial charge in [0.15, 0.2) is 0 Å². The van der Waals surface area contributed by atoms with E-state index < -0.39 is 10.0 Å². The molecule has 106 valence electrons. The van der Waals surface area contributed by atoms with E-state index in [2.05, 4.69) is 4.72 Å². The summed E-state index contributed by atoms with van der Waals surface area (Å²) in [5, 5.41) is 0. The highest BCUT2D eigenvalue weighted by atomic mass is 32.2. The van der Waals surface area contributed by atoms with Crippen molar-refractivity contribution in [2.75, 3.05) is 4.72 Å². The maximum Gasteiger partial charge on any atom is 0.262 e. The molecule has 3 nitrogen and oxygen atoms in total. The second-order valence-corrected chi connectivity index (χ2v) is 6.48. The van der Waals surface area contributed by atoms with Crippen LogP contribution >= 0.6 is 0 Å². The van der Waals surface area contributed by atoms with Crippen LogP contribution in [-0.2, 0) is 16.4 Å². The van der Waals surface area contributed by atoms with Crippen molar-refractivity contribution in [2.45, 2.75) is 32.1 Å². The van der Waals surface area contributed by atoms with Gasteiger partial charge in [-0.2, -0.15) is 0 Å². The Kier molecular flexibility index (Phi) is 4.14. The van der Waals surface area contributed by atoms with E-state index in [0.717, 1.165) is 23.1 Å². The minimum atomic E-state index is -3.55. The van der Waals surface area contributed by atoms with E-state index in [1.807, 2.05) is 38.1 Å². The molecule has 0 radical (unpaired) electrons. The zero-order chi connectivity index (χ0) is 14.8. The predicted octanol–water partition coefficient (Wildman–Crippen LogP) is 3.67. The topological polar surface area (TPSA) is 46.2 Å². The maximum atomic E-state index is 12.5. The lowest BCUT2D eigenvalue weighted by atomic mass is 10.1. The summed E-state index contributed by atoms with van der Waals surface area (Å²) in [4.78, 5) is 0.324. The van der Waals surface area contributed by atoms with Crippen LogP contribution in [0.3, 0.4) is 0 Å². The zero-order valence-corrected chi connectivity index (χ0v) is 12.8. The first kappa shape index (κ1) is 14.6. The van der Waals surface area contributed by atoms with Crippen molar-refractivity contribution in [3.63, 3.8) is 0 Å². The van der Waals surface area contributed by atoms with Gasteiger partial charge in [0.25, 0.3) is 10.0 Å². The van der Waals surface area contributed by atoms with Gasteiger partial charge < -0.3 is 0 Å². The summed E-state index contributed by atoms with van der Waals surface area (Å²) in [5.74, 6) is 0. The summed E-state index contributed by atoms with van der Waals surface area (Å²) in [5.41, 5.74) is 3.37. The molecule has 0 heterocycles. The Balaban J connectivity index is 2.47. The number of sulfonamides is 1. The number of para-hydroxylation sites is 1. The van der Waals surface area contributed by atoms with Crippen LogP contribution in [0, 0.1) is 13.8 Å². The Morgan fingerprint density at radius 3 is 2.25 bits per heavy atom. The molecular weight excluding hydrogens is 270 g/mol. The van der Waals surface area contributed by atoms with Crippen LogP contribution in [0.15, 0.2) is 47.4 Å². The molecule has 0 aliphatic carbocycles. The molecule has 2 aromatic rings. The molecule has 2 rings (SSSR count). The summed E-state index contributed by atoms with van der Waals surface area (Å²) < 4.78 is 27.8. The van der Waals surface area contributed by atoms with Crippen molar-refractivity contribution in [3.05, 3.63) is 59.2 Å². The van der Waals surface area contributed by atoms with Gasteiger partial charge in [-0.05, 0) is 43.0 Å². The number of benzene rings is 2. The monoisotopic (exact) mass is 289 g/mol. The molecule has 0 aliphatic rings. The molecule has 0 aromatic heterocycles. The molecule has 20 heavy (non-hydrogen) atoms. The first-order valence-electron chi connectivity index (χ1n) is 6.62. The summed E-state index contributed by atoms with van der Waals surface area (Å²) >= 11 is 0. The van der Waals surface area contributed by atoms with E-state index in [1.54, 1.807) is 25.1 Å². The fraction of sp³-hybridized carbons (Fsp3) is 0.250. The van der Waals surface area contributed by atoms with Gasteiger partial charge in [0.05, 0.1) is 10.6 Å². The molecule has 0 saturated carbocycles. The van der Waals surface area contributed by atoms with Gasteiger partial charge in [-0.3, -0.25) is 4.72 Å². The highest BCUT2D eigenvalue weighted by Gasteiger charge is 2.18. The number of hydrogen-bond acceptors (Lipinski definition) is 2. The quantitative estimate of drug-likeness (QED) is 0.933. The van der Waals surface area contributed by atoms with E-state index in [0.29, 0.717) is 10.6 Å². The van der Waals surface area contributed by atoms with Crippen LogP contribution in [0.4, 0.5) is 5.69 Å². The molecule has 0 atom stereocenters. The first-order valence-corrected chi connectivity index (χ1v) is 8.11. The highest BCUT2D eigenvalue weighted by Crippen LogP contribution is 2.25.